The van der Waals surface area contributed by atoms with E-state index in [-0.39, 0.29) is 6.04 Å². The second kappa shape index (κ2) is 4.09. The summed E-state index contributed by atoms with van der Waals surface area (Å²) in [6.07, 6.45) is 6.33. The van der Waals surface area contributed by atoms with E-state index in [2.05, 4.69) is 4.98 Å². The quantitative estimate of drug-likeness (QED) is 0.712. The van der Waals surface area contributed by atoms with Crippen LogP contribution in [0.3, 0.4) is 0 Å². The molecule has 0 fully saturated rings. The number of rotatable bonds is 3. The van der Waals surface area contributed by atoms with Crippen molar-refractivity contribution in [1.29, 1.82) is 0 Å². The van der Waals surface area contributed by atoms with Gasteiger partial charge in [-0.2, -0.15) is 0 Å². The van der Waals surface area contributed by atoms with E-state index in [4.69, 9.17) is 0 Å². The zero-order valence-corrected chi connectivity index (χ0v) is 8.50. The SMILES string of the molecule is CC(c1cccnc1)n1cccc1C=O. The lowest BCUT2D eigenvalue weighted by molar-refractivity contribution is 0.111. The van der Waals surface area contributed by atoms with E-state index in [1.807, 2.05) is 42.1 Å². The summed E-state index contributed by atoms with van der Waals surface area (Å²) in [7, 11) is 0. The van der Waals surface area contributed by atoms with Crippen molar-refractivity contribution in [2.24, 2.45) is 0 Å². The van der Waals surface area contributed by atoms with Gasteiger partial charge in [0.05, 0.1) is 11.7 Å². The first-order chi connectivity index (χ1) is 7.33. The van der Waals surface area contributed by atoms with Crippen molar-refractivity contribution >= 4 is 6.29 Å². The Kier molecular flexibility index (Phi) is 2.63. The van der Waals surface area contributed by atoms with Gasteiger partial charge in [-0.1, -0.05) is 6.07 Å². The monoisotopic (exact) mass is 200 g/mol. The van der Waals surface area contributed by atoms with Crippen LogP contribution in [0.5, 0.6) is 0 Å². The first-order valence-corrected chi connectivity index (χ1v) is 4.85. The minimum atomic E-state index is 0.133. The van der Waals surface area contributed by atoms with E-state index >= 15 is 0 Å². The highest BCUT2D eigenvalue weighted by molar-refractivity contribution is 5.72. The van der Waals surface area contributed by atoms with Gasteiger partial charge in [-0.25, -0.2) is 0 Å². The molecule has 3 nitrogen and oxygen atoms in total. The summed E-state index contributed by atoms with van der Waals surface area (Å²) in [5.74, 6) is 0. The predicted octanol–water partition coefficient (Wildman–Crippen LogP) is 2.30. The summed E-state index contributed by atoms with van der Waals surface area (Å²) < 4.78 is 1.93. The van der Waals surface area contributed by atoms with Crippen molar-refractivity contribution in [3.05, 3.63) is 54.1 Å². The van der Waals surface area contributed by atoms with Gasteiger partial charge in [0.25, 0.3) is 0 Å². The predicted molar refractivity (Wildman–Crippen MR) is 57.9 cm³/mol. The second-order valence-corrected chi connectivity index (χ2v) is 3.42. The molecule has 2 aromatic rings. The molecule has 0 aliphatic rings. The first kappa shape index (κ1) is 9.65. The van der Waals surface area contributed by atoms with E-state index in [1.165, 1.54) is 0 Å². The largest absolute Gasteiger partial charge is 0.338 e. The molecule has 0 saturated carbocycles. The molecule has 76 valence electrons. The van der Waals surface area contributed by atoms with Gasteiger partial charge in [0.2, 0.25) is 0 Å². The highest BCUT2D eigenvalue weighted by atomic mass is 16.1. The maximum Gasteiger partial charge on any atom is 0.166 e. The molecule has 1 atom stereocenters. The Balaban J connectivity index is 2.36. The number of nitrogens with zero attached hydrogens (tertiary/aromatic N) is 2. The summed E-state index contributed by atoms with van der Waals surface area (Å²) in [5.41, 5.74) is 1.78. The van der Waals surface area contributed by atoms with Crippen LogP contribution in [0, 0.1) is 0 Å². The summed E-state index contributed by atoms with van der Waals surface area (Å²) in [4.78, 5) is 14.9. The van der Waals surface area contributed by atoms with Crippen LogP contribution in [0.1, 0.15) is 29.0 Å². The third kappa shape index (κ3) is 1.81. The Morgan fingerprint density at radius 3 is 2.93 bits per heavy atom. The lowest BCUT2D eigenvalue weighted by Crippen LogP contribution is -2.08. The molecule has 0 N–H and O–H groups in total. The molecular formula is C12H12N2O. The molecule has 0 bridgehead atoms. The number of pyridine rings is 1. The number of carbonyl (C=O) groups excluding carboxylic acids is 1. The smallest absolute Gasteiger partial charge is 0.166 e. The molecule has 0 aliphatic heterocycles. The lowest BCUT2D eigenvalue weighted by Gasteiger charge is -2.15. The highest BCUT2D eigenvalue weighted by Gasteiger charge is 2.09. The summed E-state index contributed by atoms with van der Waals surface area (Å²) in [5, 5.41) is 0. The normalized spacial score (nSPS) is 12.3. The molecule has 0 spiro atoms. The standard InChI is InChI=1S/C12H12N2O/c1-10(11-4-2-6-13-8-11)14-7-3-5-12(14)9-15/h2-10H,1H3. The van der Waals surface area contributed by atoms with Crippen LogP contribution in [0.4, 0.5) is 0 Å². The van der Waals surface area contributed by atoms with Crippen LogP contribution in [0.25, 0.3) is 0 Å². The summed E-state index contributed by atoms with van der Waals surface area (Å²) in [6.45, 7) is 2.05. The van der Waals surface area contributed by atoms with Gasteiger partial charge in [0.1, 0.15) is 0 Å². The van der Waals surface area contributed by atoms with Crippen LogP contribution < -0.4 is 0 Å². The third-order valence-corrected chi connectivity index (χ3v) is 2.52. The van der Waals surface area contributed by atoms with Crippen molar-refractivity contribution < 1.29 is 4.79 Å². The summed E-state index contributed by atoms with van der Waals surface area (Å²) in [6, 6.07) is 7.72. The number of aldehydes is 1. The maximum absolute atomic E-state index is 10.8. The van der Waals surface area contributed by atoms with E-state index in [0.29, 0.717) is 5.69 Å². The Hall–Kier alpha value is -1.90. The number of hydrogen-bond donors (Lipinski definition) is 0. The van der Waals surface area contributed by atoms with Gasteiger partial charge in [-0.3, -0.25) is 9.78 Å². The molecule has 2 heterocycles. The van der Waals surface area contributed by atoms with Crippen molar-refractivity contribution in [3.63, 3.8) is 0 Å². The van der Waals surface area contributed by atoms with Gasteiger partial charge in [-0.05, 0) is 30.7 Å². The first-order valence-electron chi connectivity index (χ1n) is 4.85. The molecule has 0 amide bonds. The van der Waals surface area contributed by atoms with Crippen LogP contribution in [-0.4, -0.2) is 15.8 Å². The molecule has 3 heteroatoms. The van der Waals surface area contributed by atoms with Crippen LogP contribution >= 0.6 is 0 Å². The number of aromatic nitrogens is 2. The fraction of sp³-hybridized carbons (Fsp3) is 0.167. The van der Waals surface area contributed by atoms with E-state index < -0.39 is 0 Å². The molecule has 0 radical (unpaired) electrons. The second-order valence-electron chi connectivity index (χ2n) is 3.42. The fourth-order valence-corrected chi connectivity index (χ4v) is 1.64. The summed E-state index contributed by atoms with van der Waals surface area (Å²) >= 11 is 0. The Morgan fingerprint density at radius 2 is 2.27 bits per heavy atom. The van der Waals surface area contributed by atoms with Crippen molar-refractivity contribution in [1.82, 2.24) is 9.55 Å². The van der Waals surface area contributed by atoms with Gasteiger partial charge in [0, 0.05) is 18.6 Å². The van der Waals surface area contributed by atoms with E-state index in [0.717, 1.165) is 11.8 Å². The van der Waals surface area contributed by atoms with E-state index in [9.17, 15) is 4.79 Å². The number of hydrogen-bond acceptors (Lipinski definition) is 2. The van der Waals surface area contributed by atoms with Crippen LogP contribution in [0.2, 0.25) is 0 Å². The van der Waals surface area contributed by atoms with E-state index in [1.54, 1.807) is 12.3 Å². The topological polar surface area (TPSA) is 34.9 Å². The van der Waals surface area contributed by atoms with Gasteiger partial charge >= 0.3 is 0 Å². The molecule has 1 unspecified atom stereocenters. The average Bonchev–Trinajstić information content (AvgIpc) is 2.77. The maximum atomic E-state index is 10.8. The minimum Gasteiger partial charge on any atom is -0.338 e. The molecule has 15 heavy (non-hydrogen) atoms. The van der Waals surface area contributed by atoms with Crippen LogP contribution in [-0.2, 0) is 0 Å². The molecular weight excluding hydrogens is 188 g/mol. The van der Waals surface area contributed by atoms with Crippen LogP contribution in [0.15, 0.2) is 42.9 Å². The molecule has 2 rings (SSSR count). The van der Waals surface area contributed by atoms with Gasteiger partial charge < -0.3 is 4.57 Å². The molecule has 0 aromatic carbocycles. The molecule has 2 aromatic heterocycles. The van der Waals surface area contributed by atoms with Crippen molar-refractivity contribution in [2.45, 2.75) is 13.0 Å². The van der Waals surface area contributed by atoms with Crippen molar-refractivity contribution in [3.8, 4) is 0 Å². The average molecular weight is 200 g/mol. The van der Waals surface area contributed by atoms with Gasteiger partial charge in [0.15, 0.2) is 6.29 Å². The lowest BCUT2D eigenvalue weighted by atomic mass is 10.1. The Bertz CT molecular complexity index is 448. The highest BCUT2D eigenvalue weighted by Crippen LogP contribution is 2.18. The zero-order valence-electron chi connectivity index (χ0n) is 8.50. The Labute approximate surface area is 88.4 Å². The van der Waals surface area contributed by atoms with Crippen molar-refractivity contribution in [2.75, 3.05) is 0 Å². The Morgan fingerprint density at radius 1 is 1.40 bits per heavy atom. The van der Waals surface area contributed by atoms with Gasteiger partial charge in [-0.15, -0.1) is 0 Å². The molecule has 0 saturated heterocycles. The minimum absolute atomic E-state index is 0.133. The molecule has 0 aliphatic carbocycles. The number of carbonyl (C=O) groups is 1. The zero-order chi connectivity index (χ0) is 10.7. The third-order valence-electron chi connectivity index (χ3n) is 2.52. The fourth-order valence-electron chi connectivity index (χ4n) is 1.64.